The first-order chi connectivity index (χ1) is 9.66. The lowest BCUT2D eigenvalue weighted by Crippen LogP contribution is -2.10. The van der Waals surface area contributed by atoms with Gasteiger partial charge in [0.15, 0.2) is 0 Å². The number of nitrogens with one attached hydrogen (secondary N) is 1. The van der Waals surface area contributed by atoms with Gasteiger partial charge in [-0.25, -0.2) is 4.98 Å². The summed E-state index contributed by atoms with van der Waals surface area (Å²) in [5, 5.41) is 12.9. The van der Waals surface area contributed by atoms with Gasteiger partial charge in [0, 0.05) is 5.41 Å². The molecule has 0 aromatic carbocycles. The second kappa shape index (κ2) is 5.59. The first kappa shape index (κ1) is 15.7. The summed E-state index contributed by atoms with van der Waals surface area (Å²) in [6.45, 7) is 6.54. The number of pyridine rings is 1. The fourth-order valence-electron chi connectivity index (χ4n) is 1.47. The van der Waals surface area contributed by atoms with E-state index in [2.05, 4.69) is 20.5 Å². The molecule has 0 fully saturated rings. The highest BCUT2D eigenvalue weighted by Gasteiger charge is 2.32. The number of anilines is 1. The maximum atomic E-state index is 12.4. The van der Waals surface area contributed by atoms with E-state index in [1.54, 1.807) is 0 Å². The second-order valence-electron chi connectivity index (χ2n) is 5.53. The Morgan fingerprint density at radius 2 is 1.86 bits per heavy atom. The summed E-state index contributed by atoms with van der Waals surface area (Å²) in [5.74, 6) is 0. The predicted octanol–water partition coefficient (Wildman–Crippen LogP) is 3.86. The van der Waals surface area contributed by atoms with Crippen molar-refractivity contribution in [2.24, 2.45) is 0 Å². The Morgan fingerprint density at radius 1 is 1.14 bits per heavy atom. The monoisotopic (exact) mass is 316 g/mol. The second-order valence-corrected chi connectivity index (χ2v) is 6.60. The van der Waals surface area contributed by atoms with Crippen molar-refractivity contribution in [3.8, 4) is 0 Å². The number of hydrogen-bond donors (Lipinski definition) is 1. The Labute approximate surface area is 124 Å². The van der Waals surface area contributed by atoms with Crippen molar-refractivity contribution in [3.63, 3.8) is 0 Å². The number of alkyl halides is 3. The predicted molar refractivity (Wildman–Crippen MR) is 75.2 cm³/mol. The third-order valence-electron chi connectivity index (χ3n) is 2.61. The molecule has 4 nitrogen and oxygen atoms in total. The van der Waals surface area contributed by atoms with Crippen molar-refractivity contribution in [2.75, 3.05) is 5.32 Å². The van der Waals surface area contributed by atoms with Crippen LogP contribution in [0.4, 0.5) is 18.9 Å². The molecule has 21 heavy (non-hydrogen) atoms. The highest BCUT2D eigenvalue weighted by Crippen LogP contribution is 2.28. The average Bonchev–Trinajstić information content (AvgIpc) is 2.84. The fraction of sp³-hybridized carbons (Fsp3) is 0.462. The van der Waals surface area contributed by atoms with Gasteiger partial charge < -0.3 is 5.32 Å². The molecule has 2 aromatic heterocycles. The number of aromatic nitrogens is 3. The molecule has 0 atom stereocenters. The third kappa shape index (κ3) is 4.13. The molecule has 114 valence electrons. The minimum atomic E-state index is -4.42. The van der Waals surface area contributed by atoms with Crippen LogP contribution in [-0.4, -0.2) is 15.2 Å². The molecule has 0 aliphatic heterocycles. The molecular weight excluding hydrogens is 301 g/mol. The summed E-state index contributed by atoms with van der Waals surface area (Å²) in [4.78, 5) is 3.39. The minimum absolute atomic E-state index is 0.0637. The van der Waals surface area contributed by atoms with Crippen molar-refractivity contribution >= 4 is 17.0 Å². The van der Waals surface area contributed by atoms with Gasteiger partial charge in [-0.1, -0.05) is 32.1 Å². The van der Waals surface area contributed by atoms with E-state index in [-0.39, 0.29) is 5.41 Å². The maximum Gasteiger partial charge on any atom is 0.433 e. The van der Waals surface area contributed by atoms with Gasteiger partial charge in [-0.3, -0.25) is 0 Å². The lowest BCUT2D eigenvalue weighted by atomic mass is 9.98. The van der Waals surface area contributed by atoms with E-state index in [1.165, 1.54) is 17.4 Å². The Kier molecular flexibility index (Phi) is 4.18. The molecule has 0 saturated heterocycles. The standard InChI is InChI=1S/C13H15F3N4S/c1-12(2,3)11-20-19-10(21-11)7-17-8-4-5-9(18-6-8)13(14,15)16/h4-6,17H,7H2,1-3H3. The van der Waals surface area contributed by atoms with Crippen molar-refractivity contribution in [1.29, 1.82) is 0 Å². The topological polar surface area (TPSA) is 50.7 Å². The van der Waals surface area contributed by atoms with Crippen LogP contribution >= 0.6 is 11.3 Å². The number of rotatable bonds is 3. The summed E-state index contributed by atoms with van der Waals surface area (Å²) in [6.07, 6.45) is -3.26. The molecule has 2 rings (SSSR count). The molecule has 0 bridgehead atoms. The lowest BCUT2D eigenvalue weighted by Gasteiger charge is -2.12. The third-order valence-corrected chi connectivity index (χ3v) is 3.96. The van der Waals surface area contributed by atoms with Crippen molar-refractivity contribution in [1.82, 2.24) is 15.2 Å². The summed E-state index contributed by atoms with van der Waals surface area (Å²) in [7, 11) is 0. The number of nitrogens with zero attached hydrogens (tertiary/aromatic N) is 3. The molecule has 0 aliphatic rings. The highest BCUT2D eigenvalue weighted by atomic mass is 32.1. The normalized spacial score (nSPS) is 12.5. The summed E-state index contributed by atoms with van der Waals surface area (Å²) < 4.78 is 37.2. The van der Waals surface area contributed by atoms with Crippen molar-refractivity contribution in [2.45, 2.75) is 38.9 Å². The highest BCUT2D eigenvalue weighted by molar-refractivity contribution is 7.11. The van der Waals surface area contributed by atoms with E-state index in [0.29, 0.717) is 12.2 Å². The zero-order valence-corrected chi connectivity index (χ0v) is 12.6. The molecule has 0 saturated carbocycles. The SMILES string of the molecule is CC(C)(C)c1nnc(CNc2ccc(C(F)(F)F)nc2)s1. The molecule has 0 spiro atoms. The zero-order chi connectivity index (χ0) is 15.7. The van der Waals surface area contributed by atoms with E-state index < -0.39 is 11.9 Å². The lowest BCUT2D eigenvalue weighted by molar-refractivity contribution is -0.141. The van der Waals surface area contributed by atoms with Gasteiger partial charge in [0.1, 0.15) is 15.7 Å². The molecule has 8 heteroatoms. The summed E-state index contributed by atoms with van der Waals surface area (Å²) in [5.41, 5.74) is -0.458. The van der Waals surface area contributed by atoms with Crippen LogP contribution in [0.25, 0.3) is 0 Å². The van der Waals surface area contributed by atoms with Gasteiger partial charge in [0.05, 0.1) is 18.4 Å². The van der Waals surface area contributed by atoms with Gasteiger partial charge in [-0.15, -0.1) is 10.2 Å². The first-order valence-corrected chi connectivity index (χ1v) is 7.08. The molecule has 2 heterocycles. The van der Waals surface area contributed by atoms with Gasteiger partial charge in [-0.2, -0.15) is 13.2 Å². The van der Waals surface area contributed by atoms with Crippen LogP contribution in [0.1, 0.15) is 36.5 Å². The van der Waals surface area contributed by atoms with Crippen LogP contribution in [0.2, 0.25) is 0 Å². The molecule has 0 unspecified atom stereocenters. The van der Waals surface area contributed by atoms with Gasteiger partial charge in [0.25, 0.3) is 0 Å². The van der Waals surface area contributed by atoms with E-state index >= 15 is 0 Å². The molecule has 1 N–H and O–H groups in total. The van der Waals surface area contributed by atoms with Crippen LogP contribution < -0.4 is 5.32 Å². The smallest absolute Gasteiger partial charge is 0.377 e. The van der Waals surface area contributed by atoms with E-state index in [1.807, 2.05) is 20.8 Å². The van der Waals surface area contributed by atoms with Gasteiger partial charge in [-0.05, 0) is 12.1 Å². The Hall–Kier alpha value is -1.70. The molecule has 0 aliphatic carbocycles. The molecule has 2 aromatic rings. The van der Waals surface area contributed by atoms with Crippen LogP contribution in [0.3, 0.4) is 0 Å². The van der Waals surface area contributed by atoms with Crippen molar-refractivity contribution in [3.05, 3.63) is 34.0 Å². The van der Waals surface area contributed by atoms with Gasteiger partial charge in [0.2, 0.25) is 0 Å². The average molecular weight is 316 g/mol. The Balaban J connectivity index is 1.99. The van der Waals surface area contributed by atoms with Gasteiger partial charge >= 0.3 is 6.18 Å². The zero-order valence-electron chi connectivity index (χ0n) is 11.8. The largest absolute Gasteiger partial charge is 0.433 e. The van der Waals surface area contributed by atoms with Crippen LogP contribution in [0, 0.1) is 0 Å². The Bertz CT molecular complexity index is 599. The van der Waals surface area contributed by atoms with Crippen molar-refractivity contribution < 1.29 is 13.2 Å². The Morgan fingerprint density at radius 3 is 2.33 bits per heavy atom. The minimum Gasteiger partial charge on any atom is -0.377 e. The van der Waals surface area contributed by atoms with Crippen LogP contribution in [0.15, 0.2) is 18.3 Å². The summed E-state index contributed by atoms with van der Waals surface area (Å²) >= 11 is 1.48. The number of halogens is 3. The summed E-state index contributed by atoms with van der Waals surface area (Å²) in [6, 6.07) is 2.30. The number of hydrogen-bond acceptors (Lipinski definition) is 5. The maximum absolute atomic E-state index is 12.4. The molecule has 0 radical (unpaired) electrons. The molecular formula is C13H15F3N4S. The first-order valence-electron chi connectivity index (χ1n) is 6.26. The van der Waals surface area contributed by atoms with E-state index in [0.717, 1.165) is 22.3 Å². The van der Waals surface area contributed by atoms with Crippen LogP contribution in [-0.2, 0) is 18.1 Å². The quantitative estimate of drug-likeness (QED) is 0.934. The molecule has 0 amide bonds. The van der Waals surface area contributed by atoms with E-state index in [4.69, 9.17) is 0 Å². The van der Waals surface area contributed by atoms with Crippen LogP contribution in [0.5, 0.6) is 0 Å². The van der Waals surface area contributed by atoms with E-state index in [9.17, 15) is 13.2 Å². The fourth-order valence-corrected chi connectivity index (χ4v) is 2.31.